The molecule has 1 saturated carbocycles. The zero-order valence-corrected chi connectivity index (χ0v) is 8.74. The summed E-state index contributed by atoms with van der Waals surface area (Å²) in [6.45, 7) is 2.09. The summed E-state index contributed by atoms with van der Waals surface area (Å²) in [4.78, 5) is 10.6. The predicted octanol–water partition coefficient (Wildman–Crippen LogP) is 2.54. The molecule has 0 aromatic rings. The Morgan fingerprint density at radius 1 is 1.43 bits per heavy atom. The predicted molar refractivity (Wildman–Crippen MR) is 54.7 cm³/mol. The monoisotopic (exact) mass is 194 g/mol. The van der Waals surface area contributed by atoms with Gasteiger partial charge in [0.25, 0.3) is 0 Å². The molecule has 0 radical (unpaired) electrons. The van der Waals surface area contributed by atoms with Gasteiger partial charge in [-0.3, -0.25) is 4.79 Å². The Kier molecular flexibility index (Phi) is 2.90. The molecule has 3 aliphatic rings. The quantitative estimate of drug-likeness (QED) is 0.510. The molecule has 3 rings (SSSR count). The highest BCUT2D eigenvalue weighted by molar-refractivity contribution is 5.65. The maximum Gasteiger partial charge on any atom is 0.302 e. The Morgan fingerprint density at radius 2 is 2.29 bits per heavy atom. The van der Waals surface area contributed by atoms with Crippen LogP contribution in [0, 0.1) is 17.8 Å². The lowest BCUT2D eigenvalue weighted by molar-refractivity contribution is -0.141. The standard InChI is InChI=1S/C12H18O2/c1-9(13)14-7-6-12-8-10-2-4-11(12)5-3-10/h2,4,10-12H,3,5-8H2,1H3. The Labute approximate surface area is 85.3 Å². The van der Waals surface area contributed by atoms with E-state index in [0.29, 0.717) is 6.61 Å². The van der Waals surface area contributed by atoms with Crippen molar-refractivity contribution in [1.29, 1.82) is 0 Å². The van der Waals surface area contributed by atoms with Gasteiger partial charge in [-0.15, -0.1) is 0 Å². The minimum atomic E-state index is -0.151. The molecule has 78 valence electrons. The van der Waals surface area contributed by atoms with Gasteiger partial charge in [-0.1, -0.05) is 12.2 Å². The zero-order valence-electron chi connectivity index (χ0n) is 8.74. The number of allylic oxidation sites excluding steroid dienone is 2. The van der Waals surface area contributed by atoms with Gasteiger partial charge in [-0.25, -0.2) is 0 Å². The molecule has 1 fully saturated rings. The molecule has 14 heavy (non-hydrogen) atoms. The molecular weight excluding hydrogens is 176 g/mol. The maximum atomic E-state index is 10.6. The van der Waals surface area contributed by atoms with Gasteiger partial charge < -0.3 is 4.74 Å². The molecule has 0 aromatic heterocycles. The lowest BCUT2D eigenvalue weighted by atomic mass is 9.68. The molecule has 0 aliphatic heterocycles. The number of fused-ring (bicyclic) bond motifs is 2. The van der Waals surface area contributed by atoms with E-state index in [1.54, 1.807) is 0 Å². The van der Waals surface area contributed by atoms with Crippen molar-refractivity contribution in [1.82, 2.24) is 0 Å². The summed E-state index contributed by atoms with van der Waals surface area (Å²) in [7, 11) is 0. The summed E-state index contributed by atoms with van der Waals surface area (Å²) >= 11 is 0. The van der Waals surface area contributed by atoms with Crippen molar-refractivity contribution in [3.8, 4) is 0 Å². The lowest BCUT2D eigenvalue weighted by Crippen LogP contribution is -2.28. The fraction of sp³-hybridized carbons (Fsp3) is 0.750. The van der Waals surface area contributed by atoms with Crippen LogP contribution in [0.1, 0.15) is 32.6 Å². The van der Waals surface area contributed by atoms with Gasteiger partial charge in [0.1, 0.15) is 0 Å². The molecule has 2 nitrogen and oxygen atoms in total. The summed E-state index contributed by atoms with van der Waals surface area (Å²) in [5.41, 5.74) is 0. The fourth-order valence-electron chi connectivity index (χ4n) is 2.74. The van der Waals surface area contributed by atoms with Crippen LogP contribution >= 0.6 is 0 Å². The van der Waals surface area contributed by atoms with E-state index in [9.17, 15) is 4.79 Å². The second-order valence-electron chi connectivity index (χ2n) is 4.51. The molecule has 0 N–H and O–H groups in total. The van der Waals surface area contributed by atoms with Crippen molar-refractivity contribution < 1.29 is 9.53 Å². The van der Waals surface area contributed by atoms with E-state index < -0.39 is 0 Å². The van der Waals surface area contributed by atoms with Crippen molar-refractivity contribution in [3.63, 3.8) is 0 Å². The number of hydrogen-bond donors (Lipinski definition) is 0. The van der Waals surface area contributed by atoms with Gasteiger partial charge in [0.05, 0.1) is 6.61 Å². The summed E-state index contributed by atoms with van der Waals surface area (Å²) < 4.78 is 4.99. The minimum absolute atomic E-state index is 0.151. The first-order valence-electron chi connectivity index (χ1n) is 5.57. The van der Waals surface area contributed by atoms with Gasteiger partial charge in [0.15, 0.2) is 0 Å². The van der Waals surface area contributed by atoms with Gasteiger partial charge in [-0.05, 0) is 43.4 Å². The molecule has 2 bridgehead atoms. The smallest absolute Gasteiger partial charge is 0.302 e. The van der Waals surface area contributed by atoms with Crippen molar-refractivity contribution in [2.75, 3.05) is 6.61 Å². The highest BCUT2D eigenvalue weighted by Crippen LogP contribution is 2.41. The van der Waals surface area contributed by atoms with Crippen LogP contribution in [0.3, 0.4) is 0 Å². The van der Waals surface area contributed by atoms with Crippen LogP contribution in [0.2, 0.25) is 0 Å². The fourth-order valence-corrected chi connectivity index (χ4v) is 2.74. The minimum Gasteiger partial charge on any atom is -0.466 e. The summed E-state index contributed by atoms with van der Waals surface area (Å²) in [6, 6.07) is 0. The number of rotatable bonds is 3. The Morgan fingerprint density at radius 3 is 2.79 bits per heavy atom. The molecule has 3 atom stereocenters. The Hall–Kier alpha value is -0.790. The summed E-state index contributed by atoms with van der Waals surface area (Å²) in [6.07, 6.45) is 9.80. The first-order chi connectivity index (χ1) is 6.75. The third-order valence-corrected chi connectivity index (χ3v) is 3.51. The lowest BCUT2D eigenvalue weighted by Gasteiger charge is -2.37. The second kappa shape index (κ2) is 4.16. The van der Waals surface area contributed by atoms with Crippen LogP contribution in [-0.4, -0.2) is 12.6 Å². The normalized spacial score (nSPS) is 34.5. The van der Waals surface area contributed by atoms with Crippen LogP contribution in [0.4, 0.5) is 0 Å². The number of esters is 1. The molecule has 3 unspecified atom stereocenters. The average molecular weight is 194 g/mol. The summed E-state index contributed by atoms with van der Waals surface area (Å²) in [5.74, 6) is 2.18. The van der Waals surface area contributed by atoms with E-state index >= 15 is 0 Å². The van der Waals surface area contributed by atoms with Crippen LogP contribution in [0.5, 0.6) is 0 Å². The molecule has 0 amide bonds. The molecule has 0 aromatic carbocycles. The molecule has 3 aliphatic carbocycles. The molecule has 0 heterocycles. The second-order valence-corrected chi connectivity index (χ2v) is 4.51. The van der Waals surface area contributed by atoms with Crippen LogP contribution in [0.15, 0.2) is 12.2 Å². The molecule has 0 saturated heterocycles. The molecule has 2 heteroatoms. The Bertz CT molecular complexity index is 245. The number of carbonyl (C=O) groups is 1. The zero-order chi connectivity index (χ0) is 9.97. The molecule has 0 spiro atoms. The SMILES string of the molecule is CC(=O)OCCC1CC2C=CC1CC2. The van der Waals surface area contributed by atoms with Gasteiger partial charge >= 0.3 is 5.97 Å². The Balaban J connectivity index is 1.77. The van der Waals surface area contributed by atoms with E-state index in [0.717, 1.165) is 24.2 Å². The van der Waals surface area contributed by atoms with E-state index in [2.05, 4.69) is 12.2 Å². The van der Waals surface area contributed by atoms with Gasteiger partial charge in [0, 0.05) is 6.92 Å². The third kappa shape index (κ3) is 2.17. The van der Waals surface area contributed by atoms with Crippen molar-refractivity contribution >= 4 is 5.97 Å². The van der Waals surface area contributed by atoms with E-state index in [1.165, 1.54) is 26.2 Å². The van der Waals surface area contributed by atoms with Crippen molar-refractivity contribution in [2.24, 2.45) is 17.8 Å². The van der Waals surface area contributed by atoms with Crippen LogP contribution in [0.25, 0.3) is 0 Å². The molecular formula is C12H18O2. The average Bonchev–Trinajstić information content (AvgIpc) is 2.19. The van der Waals surface area contributed by atoms with Crippen molar-refractivity contribution in [2.45, 2.75) is 32.6 Å². The maximum absolute atomic E-state index is 10.6. The first kappa shape index (κ1) is 9.75. The van der Waals surface area contributed by atoms with Gasteiger partial charge in [-0.2, -0.15) is 0 Å². The third-order valence-electron chi connectivity index (χ3n) is 3.51. The number of hydrogen-bond acceptors (Lipinski definition) is 2. The first-order valence-corrected chi connectivity index (χ1v) is 5.57. The van der Waals surface area contributed by atoms with Gasteiger partial charge in [0.2, 0.25) is 0 Å². The number of carbonyl (C=O) groups excluding carboxylic acids is 1. The highest BCUT2D eigenvalue weighted by Gasteiger charge is 2.31. The van der Waals surface area contributed by atoms with Crippen molar-refractivity contribution in [3.05, 3.63) is 12.2 Å². The van der Waals surface area contributed by atoms with Crippen LogP contribution < -0.4 is 0 Å². The van der Waals surface area contributed by atoms with E-state index in [4.69, 9.17) is 4.74 Å². The topological polar surface area (TPSA) is 26.3 Å². The van der Waals surface area contributed by atoms with E-state index in [1.807, 2.05) is 0 Å². The number of ether oxygens (including phenoxy) is 1. The summed E-state index contributed by atoms with van der Waals surface area (Å²) in [5, 5.41) is 0. The van der Waals surface area contributed by atoms with Crippen LogP contribution in [-0.2, 0) is 9.53 Å². The highest BCUT2D eigenvalue weighted by atomic mass is 16.5. The largest absolute Gasteiger partial charge is 0.466 e. The van der Waals surface area contributed by atoms with E-state index in [-0.39, 0.29) is 5.97 Å².